The van der Waals surface area contributed by atoms with Gasteiger partial charge in [0.05, 0.1) is 13.7 Å². The maximum Gasteiger partial charge on any atom is 0.327 e. The van der Waals surface area contributed by atoms with E-state index in [0.717, 1.165) is 17.2 Å². The molecule has 0 spiro atoms. The molecule has 1 aromatic heterocycles. The second-order valence-electron chi connectivity index (χ2n) is 4.47. The zero-order chi connectivity index (χ0) is 14.5. The normalized spacial score (nSPS) is 12.2. The molecule has 0 aliphatic rings. The molecule has 6 heteroatoms. The van der Waals surface area contributed by atoms with Crippen molar-refractivity contribution in [2.24, 2.45) is 7.05 Å². The number of hydrogen-bond acceptors (Lipinski definition) is 5. The second-order valence-corrected chi connectivity index (χ2v) is 4.47. The third-order valence-electron chi connectivity index (χ3n) is 3.22. The average Bonchev–Trinajstić information content (AvgIpc) is 2.80. The monoisotopic (exact) mass is 274 g/mol. The highest BCUT2D eigenvalue weighted by Crippen LogP contribution is 2.14. The summed E-state index contributed by atoms with van der Waals surface area (Å²) in [4.78, 5) is 11.9. The number of esters is 1. The van der Waals surface area contributed by atoms with E-state index >= 15 is 0 Å². The summed E-state index contributed by atoms with van der Waals surface area (Å²) in [6.07, 6.45) is 0. The van der Waals surface area contributed by atoms with Gasteiger partial charge in [-0.15, -0.1) is 10.2 Å². The average molecular weight is 274 g/mol. The number of ether oxygens (including phenoxy) is 1. The van der Waals surface area contributed by atoms with Gasteiger partial charge in [-0.1, -0.05) is 30.3 Å². The molecule has 0 aliphatic heterocycles. The predicted molar refractivity (Wildman–Crippen MR) is 73.8 cm³/mol. The fraction of sp³-hybridized carbons (Fsp3) is 0.357. The minimum absolute atomic E-state index is 0.324. The topological polar surface area (TPSA) is 69.0 Å². The van der Waals surface area contributed by atoms with E-state index < -0.39 is 6.04 Å². The summed E-state index contributed by atoms with van der Waals surface area (Å²) in [5, 5.41) is 11.2. The zero-order valence-electron chi connectivity index (χ0n) is 11.8. The van der Waals surface area contributed by atoms with E-state index in [2.05, 4.69) is 15.5 Å². The Morgan fingerprint density at radius 3 is 2.60 bits per heavy atom. The van der Waals surface area contributed by atoms with Crippen LogP contribution >= 0.6 is 0 Å². The van der Waals surface area contributed by atoms with Crippen LogP contribution in [0, 0.1) is 6.92 Å². The molecule has 1 atom stereocenters. The van der Waals surface area contributed by atoms with Crippen LogP contribution in [-0.4, -0.2) is 27.8 Å². The van der Waals surface area contributed by atoms with Crippen LogP contribution in [0.1, 0.15) is 23.3 Å². The van der Waals surface area contributed by atoms with Crippen molar-refractivity contribution < 1.29 is 9.53 Å². The van der Waals surface area contributed by atoms with Crippen LogP contribution in [-0.2, 0) is 23.1 Å². The summed E-state index contributed by atoms with van der Waals surface area (Å²) < 4.78 is 6.73. The van der Waals surface area contributed by atoms with E-state index in [4.69, 9.17) is 4.74 Å². The molecule has 0 saturated carbocycles. The van der Waals surface area contributed by atoms with Crippen LogP contribution < -0.4 is 5.32 Å². The summed E-state index contributed by atoms with van der Waals surface area (Å²) >= 11 is 0. The molecule has 106 valence electrons. The Labute approximate surface area is 117 Å². The van der Waals surface area contributed by atoms with Crippen molar-refractivity contribution >= 4 is 5.97 Å². The number of hydrogen-bond donors (Lipinski definition) is 1. The van der Waals surface area contributed by atoms with Crippen LogP contribution in [0.15, 0.2) is 30.3 Å². The van der Waals surface area contributed by atoms with E-state index in [1.165, 1.54) is 7.11 Å². The Balaban J connectivity index is 2.13. The summed E-state index contributed by atoms with van der Waals surface area (Å²) in [6, 6.07) is 8.94. The van der Waals surface area contributed by atoms with Crippen molar-refractivity contribution in [2.45, 2.75) is 19.5 Å². The van der Waals surface area contributed by atoms with Crippen molar-refractivity contribution in [1.29, 1.82) is 0 Å². The Hall–Kier alpha value is -2.21. The van der Waals surface area contributed by atoms with Gasteiger partial charge in [-0.25, -0.2) is 4.79 Å². The highest BCUT2D eigenvalue weighted by Gasteiger charge is 2.21. The number of methoxy groups -OCH3 is 1. The number of benzene rings is 1. The van der Waals surface area contributed by atoms with Gasteiger partial charge in [0.2, 0.25) is 0 Å². The molecule has 0 amide bonds. The number of nitrogens with zero attached hydrogens (tertiary/aromatic N) is 3. The quantitative estimate of drug-likeness (QED) is 0.828. The lowest BCUT2D eigenvalue weighted by molar-refractivity contribution is -0.143. The fourth-order valence-electron chi connectivity index (χ4n) is 1.90. The van der Waals surface area contributed by atoms with Crippen molar-refractivity contribution in [1.82, 2.24) is 20.1 Å². The lowest BCUT2D eigenvalue weighted by Gasteiger charge is -2.16. The number of aryl methyl sites for hydroxylation is 1. The van der Waals surface area contributed by atoms with Crippen molar-refractivity contribution in [2.75, 3.05) is 7.11 Å². The molecule has 0 aliphatic carbocycles. The van der Waals surface area contributed by atoms with Gasteiger partial charge in [-0.05, 0) is 12.5 Å². The molecule has 0 saturated heterocycles. The standard InChI is InChI=1S/C14H18N4O2/c1-10-16-17-12(18(10)2)9-15-13(14(19)20-3)11-7-5-4-6-8-11/h4-8,13,15H,9H2,1-3H3. The lowest BCUT2D eigenvalue weighted by atomic mass is 10.1. The summed E-state index contributed by atoms with van der Waals surface area (Å²) in [5.74, 6) is 1.28. The van der Waals surface area contributed by atoms with Crippen molar-refractivity contribution in [3.63, 3.8) is 0 Å². The van der Waals surface area contributed by atoms with E-state index in [0.29, 0.717) is 6.54 Å². The van der Waals surface area contributed by atoms with E-state index in [-0.39, 0.29) is 5.97 Å². The van der Waals surface area contributed by atoms with Gasteiger partial charge in [0.15, 0.2) is 0 Å². The Morgan fingerprint density at radius 2 is 2.05 bits per heavy atom. The lowest BCUT2D eigenvalue weighted by Crippen LogP contribution is -2.30. The van der Waals surface area contributed by atoms with E-state index in [1.807, 2.05) is 48.9 Å². The molecule has 0 radical (unpaired) electrons. The zero-order valence-corrected chi connectivity index (χ0v) is 11.8. The smallest absolute Gasteiger partial charge is 0.327 e. The Bertz CT molecular complexity index is 580. The number of carbonyl (C=O) groups is 1. The maximum atomic E-state index is 11.9. The fourth-order valence-corrected chi connectivity index (χ4v) is 1.90. The highest BCUT2D eigenvalue weighted by atomic mass is 16.5. The minimum Gasteiger partial charge on any atom is -0.468 e. The number of rotatable bonds is 5. The molecular weight excluding hydrogens is 256 g/mol. The first-order valence-corrected chi connectivity index (χ1v) is 6.34. The minimum atomic E-state index is -0.516. The summed E-state index contributed by atoms with van der Waals surface area (Å²) in [7, 11) is 3.27. The van der Waals surface area contributed by atoms with Gasteiger partial charge in [0, 0.05) is 7.05 Å². The van der Waals surface area contributed by atoms with Crippen molar-refractivity contribution in [3.05, 3.63) is 47.5 Å². The largest absolute Gasteiger partial charge is 0.468 e. The molecule has 1 N–H and O–H groups in total. The molecule has 2 rings (SSSR count). The molecular formula is C14H18N4O2. The highest BCUT2D eigenvalue weighted by molar-refractivity contribution is 5.77. The first-order valence-electron chi connectivity index (χ1n) is 6.34. The second kappa shape index (κ2) is 6.29. The molecule has 1 heterocycles. The van der Waals surface area contributed by atoms with Crippen molar-refractivity contribution in [3.8, 4) is 0 Å². The third-order valence-corrected chi connectivity index (χ3v) is 3.22. The number of aromatic nitrogens is 3. The van der Waals surface area contributed by atoms with Crippen LogP contribution in [0.2, 0.25) is 0 Å². The van der Waals surface area contributed by atoms with E-state index in [1.54, 1.807) is 0 Å². The Morgan fingerprint density at radius 1 is 1.35 bits per heavy atom. The van der Waals surface area contributed by atoms with Crippen LogP contribution in [0.3, 0.4) is 0 Å². The SMILES string of the molecule is COC(=O)C(NCc1nnc(C)n1C)c1ccccc1. The molecule has 20 heavy (non-hydrogen) atoms. The molecule has 6 nitrogen and oxygen atoms in total. The van der Waals surface area contributed by atoms with Gasteiger partial charge in [0.25, 0.3) is 0 Å². The molecule has 0 fully saturated rings. The summed E-state index contributed by atoms with van der Waals surface area (Å²) in [5.41, 5.74) is 0.859. The van der Waals surface area contributed by atoms with Crippen LogP contribution in [0.5, 0.6) is 0 Å². The number of carbonyl (C=O) groups excluding carboxylic acids is 1. The summed E-state index contributed by atoms with van der Waals surface area (Å²) in [6.45, 7) is 2.32. The van der Waals surface area contributed by atoms with Gasteiger partial charge in [0.1, 0.15) is 17.7 Å². The van der Waals surface area contributed by atoms with E-state index in [9.17, 15) is 4.79 Å². The molecule has 0 bridgehead atoms. The van der Waals surface area contributed by atoms with Gasteiger partial charge >= 0.3 is 5.97 Å². The van der Waals surface area contributed by atoms with Crippen LogP contribution in [0.4, 0.5) is 0 Å². The Kier molecular flexibility index (Phi) is 4.47. The number of nitrogens with one attached hydrogen (secondary N) is 1. The predicted octanol–water partition coefficient (Wildman–Crippen LogP) is 1.13. The molecule has 1 aromatic carbocycles. The first-order chi connectivity index (χ1) is 9.63. The molecule has 2 aromatic rings. The molecule has 1 unspecified atom stereocenters. The van der Waals surface area contributed by atoms with Crippen LogP contribution in [0.25, 0.3) is 0 Å². The first kappa shape index (κ1) is 14.2. The van der Waals surface area contributed by atoms with Gasteiger partial charge < -0.3 is 9.30 Å². The maximum absolute atomic E-state index is 11.9. The van der Waals surface area contributed by atoms with Gasteiger partial charge in [-0.3, -0.25) is 5.32 Å². The van der Waals surface area contributed by atoms with Gasteiger partial charge in [-0.2, -0.15) is 0 Å². The third kappa shape index (κ3) is 3.03.